The van der Waals surface area contributed by atoms with Gasteiger partial charge in [0.2, 0.25) is 0 Å². The van der Waals surface area contributed by atoms with Crippen molar-refractivity contribution in [2.75, 3.05) is 0 Å². The number of hydrogen-bond acceptors (Lipinski definition) is 0. The molecule has 170 valence electrons. The second-order valence-corrected chi connectivity index (χ2v) is 11.9. The molecule has 5 aromatic rings. The first-order chi connectivity index (χ1) is 16.1. The van der Waals surface area contributed by atoms with E-state index >= 15 is 0 Å². The molecule has 0 unspecified atom stereocenters. The number of aromatic nitrogens is 1. The Balaban J connectivity index is 1.70. The SMILES string of the molecule is CC(C)(C)c1ccc2c(c1)-c1ccc3c4cc(C(C)(C)C)ccc4n(-c4ccccc4)c3c1C2. The minimum atomic E-state index is 0.117. The Kier molecular flexibility index (Phi) is 4.43. The van der Waals surface area contributed by atoms with Crippen LogP contribution in [0.15, 0.2) is 78.9 Å². The van der Waals surface area contributed by atoms with E-state index in [1.165, 1.54) is 60.9 Å². The van der Waals surface area contributed by atoms with Crippen molar-refractivity contribution in [2.24, 2.45) is 0 Å². The molecule has 1 heterocycles. The average molecular weight is 444 g/mol. The summed E-state index contributed by atoms with van der Waals surface area (Å²) in [7, 11) is 0. The van der Waals surface area contributed by atoms with Crippen LogP contribution in [0.5, 0.6) is 0 Å². The van der Waals surface area contributed by atoms with Gasteiger partial charge in [0.15, 0.2) is 0 Å². The van der Waals surface area contributed by atoms with Gasteiger partial charge in [-0.25, -0.2) is 0 Å². The molecule has 0 spiro atoms. The number of hydrogen-bond donors (Lipinski definition) is 0. The fraction of sp³-hybridized carbons (Fsp3) is 0.273. The first-order valence-electron chi connectivity index (χ1n) is 12.4. The van der Waals surface area contributed by atoms with E-state index in [1.54, 1.807) is 0 Å². The quantitative estimate of drug-likeness (QED) is 0.239. The summed E-state index contributed by atoms with van der Waals surface area (Å²) in [5, 5.41) is 2.70. The summed E-state index contributed by atoms with van der Waals surface area (Å²) < 4.78 is 2.49. The average Bonchev–Trinajstić information content (AvgIpc) is 3.33. The number of nitrogens with zero attached hydrogens (tertiary/aromatic N) is 1. The van der Waals surface area contributed by atoms with E-state index in [4.69, 9.17) is 0 Å². The topological polar surface area (TPSA) is 4.93 Å². The van der Waals surface area contributed by atoms with Crippen LogP contribution in [0.4, 0.5) is 0 Å². The molecule has 6 rings (SSSR count). The third-order valence-corrected chi connectivity index (χ3v) is 7.55. The Labute approximate surface area is 203 Å². The zero-order valence-electron chi connectivity index (χ0n) is 21.2. The van der Waals surface area contributed by atoms with Crippen LogP contribution in [0.2, 0.25) is 0 Å². The summed E-state index contributed by atoms with van der Waals surface area (Å²) in [5.74, 6) is 0. The van der Waals surface area contributed by atoms with Crippen LogP contribution in [0, 0.1) is 0 Å². The Hall–Kier alpha value is -3.32. The van der Waals surface area contributed by atoms with Crippen molar-refractivity contribution in [1.82, 2.24) is 4.57 Å². The lowest BCUT2D eigenvalue weighted by atomic mass is 9.85. The predicted molar refractivity (Wildman–Crippen MR) is 146 cm³/mol. The monoisotopic (exact) mass is 443 g/mol. The third kappa shape index (κ3) is 3.14. The Morgan fingerprint density at radius 1 is 0.618 bits per heavy atom. The van der Waals surface area contributed by atoms with Gasteiger partial charge in [0.05, 0.1) is 11.0 Å². The fourth-order valence-corrected chi connectivity index (χ4v) is 5.56. The summed E-state index contributed by atoms with van der Waals surface area (Å²) in [4.78, 5) is 0. The van der Waals surface area contributed by atoms with Crippen LogP contribution in [0.25, 0.3) is 38.6 Å². The van der Waals surface area contributed by atoms with Crippen molar-refractivity contribution in [2.45, 2.75) is 58.8 Å². The maximum atomic E-state index is 2.49. The standard InChI is InChI=1S/C33H33N/c1-32(2,3)22-13-12-21-18-29-25(27(21)19-22)15-16-26-28-20-23(33(4,5)6)14-17-30(28)34(31(26)29)24-10-8-7-9-11-24/h7-17,19-20H,18H2,1-6H3. The Bertz CT molecular complexity index is 1570. The Morgan fingerprint density at radius 2 is 1.29 bits per heavy atom. The lowest BCUT2D eigenvalue weighted by Gasteiger charge is -2.20. The minimum absolute atomic E-state index is 0.117. The molecule has 0 atom stereocenters. The van der Waals surface area contributed by atoms with Crippen molar-refractivity contribution in [3.05, 3.63) is 101 Å². The van der Waals surface area contributed by atoms with Crippen LogP contribution in [0.1, 0.15) is 63.8 Å². The van der Waals surface area contributed by atoms with Gasteiger partial charge in [0.1, 0.15) is 0 Å². The lowest BCUT2D eigenvalue weighted by molar-refractivity contribution is 0.590. The van der Waals surface area contributed by atoms with Gasteiger partial charge in [-0.2, -0.15) is 0 Å². The van der Waals surface area contributed by atoms with Gasteiger partial charge >= 0.3 is 0 Å². The first kappa shape index (κ1) is 21.2. The van der Waals surface area contributed by atoms with Gasteiger partial charge in [0.25, 0.3) is 0 Å². The van der Waals surface area contributed by atoms with Crippen LogP contribution < -0.4 is 0 Å². The molecule has 0 aliphatic heterocycles. The molecule has 0 radical (unpaired) electrons. The molecular formula is C33H33N. The normalized spacial score (nSPS) is 13.5. The zero-order chi connectivity index (χ0) is 23.8. The smallest absolute Gasteiger partial charge is 0.0582 e. The largest absolute Gasteiger partial charge is 0.309 e. The number of fused-ring (bicyclic) bond motifs is 7. The van der Waals surface area contributed by atoms with Gasteiger partial charge in [-0.15, -0.1) is 0 Å². The van der Waals surface area contributed by atoms with E-state index in [1.807, 2.05) is 0 Å². The molecule has 0 N–H and O–H groups in total. The van der Waals surface area contributed by atoms with E-state index in [9.17, 15) is 0 Å². The second-order valence-electron chi connectivity index (χ2n) is 11.9. The molecule has 0 bridgehead atoms. The van der Waals surface area contributed by atoms with Crippen LogP contribution in [-0.4, -0.2) is 4.57 Å². The fourth-order valence-electron chi connectivity index (χ4n) is 5.56. The molecule has 0 fully saturated rings. The van der Waals surface area contributed by atoms with Gasteiger partial charge in [-0.1, -0.05) is 96.1 Å². The van der Waals surface area contributed by atoms with E-state index in [-0.39, 0.29) is 10.8 Å². The van der Waals surface area contributed by atoms with Crippen LogP contribution in [-0.2, 0) is 17.3 Å². The van der Waals surface area contributed by atoms with Gasteiger partial charge in [0, 0.05) is 22.9 Å². The third-order valence-electron chi connectivity index (χ3n) is 7.55. The van der Waals surface area contributed by atoms with Crippen molar-refractivity contribution >= 4 is 21.8 Å². The molecule has 1 heteroatoms. The van der Waals surface area contributed by atoms with Gasteiger partial charge in [-0.05, 0) is 68.5 Å². The molecule has 0 saturated heterocycles. The van der Waals surface area contributed by atoms with E-state index in [2.05, 4.69) is 125 Å². The molecule has 34 heavy (non-hydrogen) atoms. The molecule has 1 nitrogen and oxygen atoms in total. The van der Waals surface area contributed by atoms with Gasteiger partial charge < -0.3 is 4.57 Å². The van der Waals surface area contributed by atoms with Crippen molar-refractivity contribution < 1.29 is 0 Å². The lowest BCUT2D eigenvalue weighted by Crippen LogP contribution is -2.10. The summed E-state index contributed by atoms with van der Waals surface area (Å²) in [5.41, 5.74) is 12.6. The number of benzene rings is 4. The summed E-state index contributed by atoms with van der Waals surface area (Å²) in [6.07, 6.45) is 0.988. The highest BCUT2D eigenvalue weighted by molar-refractivity contribution is 6.12. The number of para-hydroxylation sites is 1. The molecule has 1 aliphatic carbocycles. The van der Waals surface area contributed by atoms with E-state index in [0.717, 1.165) is 6.42 Å². The molecule has 4 aromatic carbocycles. The highest BCUT2D eigenvalue weighted by Gasteiger charge is 2.27. The molecule has 0 amide bonds. The molecule has 1 aliphatic rings. The first-order valence-corrected chi connectivity index (χ1v) is 12.4. The van der Waals surface area contributed by atoms with E-state index in [0.29, 0.717) is 0 Å². The van der Waals surface area contributed by atoms with Crippen LogP contribution >= 0.6 is 0 Å². The maximum Gasteiger partial charge on any atom is 0.0582 e. The molecular weight excluding hydrogens is 410 g/mol. The van der Waals surface area contributed by atoms with Crippen molar-refractivity contribution in [1.29, 1.82) is 0 Å². The molecule has 1 aromatic heterocycles. The zero-order valence-corrected chi connectivity index (χ0v) is 21.2. The minimum Gasteiger partial charge on any atom is -0.309 e. The Morgan fingerprint density at radius 3 is 2.00 bits per heavy atom. The predicted octanol–water partition coefficient (Wildman–Crippen LogP) is 8.95. The summed E-state index contributed by atoms with van der Waals surface area (Å²) >= 11 is 0. The van der Waals surface area contributed by atoms with E-state index < -0.39 is 0 Å². The number of rotatable bonds is 1. The van der Waals surface area contributed by atoms with Crippen molar-refractivity contribution in [3.63, 3.8) is 0 Å². The van der Waals surface area contributed by atoms with Crippen LogP contribution in [0.3, 0.4) is 0 Å². The summed E-state index contributed by atoms with van der Waals surface area (Å²) in [6.45, 7) is 13.8. The second kappa shape index (κ2) is 7.09. The highest BCUT2D eigenvalue weighted by atomic mass is 15.0. The molecule has 0 saturated carbocycles. The summed E-state index contributed by atoms with van der Waals surface area (Å²) in [6, 6.07) is 29.8. The van der Waals surface area contributed by atoms with Gasteiger partial charge in [-0.3, -0.25) is 0 Å². The highest BCUT2D eigenvalue weighted by Crippen LogP contribution is 2.45. The maximum absolute atomic E-state index is 2.49. The van der Waals surface area contributed by atoms with Crippen molar-refractivity contribution in [3.8, 4) is 16.8 Å².